The van der Waals surface area contributed by atoms with Crippen molar-refractivity contribution < 1.29 is 52.8 Å². The number of ether oxygens (including phenoxy) is 5. The minimum absolute atomic E-state index is 0.0135. The highest BCUT2D eigenvalue weighted by molar-refractivity contribution is 5.95. The van der Waals surface area contributed by atoms with E-state index in [-0.39, 0.29) is 44.2 Å². The molecule has 4 aromatic carbocycles. The number of aliphatic hydroxyl groups is 1. The lowest BCUT2D eigenvalue weighted by Crippen LogP contribution is -2.43. The summed E-state index contributed by atoms with van der Waals surface area (Å²) in [6, 6.07) is 32.0. The van der Waals surface area contributed by atoms with E-state index in [1.807, 2.05) is 60.7 Å². The maximum Gasteiger partial charge on any atom is 0.348 e. The Bertz CT molecular complexity index is 2210. The molecule has 2 amide bonds. The largest absolute Gasteiger partial charge is 0.462 e. The molecule has 2 aliphatic heterocycles. The van der Waals surface area contributed by atoms with Gasteiger partial charge >= 0.3 is 17.9 Å². The Kier molecular flexibility index (Phi) is 12.2. The van der Waals surface area contributed by atoms with Gasteiger partial charge in [-0.2, -0.15) is 0 Å². The number of hydrogen-bond donors (Lipinski definition) is 3. The summed E-state index contributed by atoms with van der Waals surface area (Å²) in [5.41, 5.74) is 2.98. The SMILES string of the molecule is CC1(C)COC(=O)C1OC(=O)C=Cc1ccc(C(=O)OC2CC(C(=O)NCc3cccc(C(=O)NCCO)c3)=CC3OC(c4ccccc4)(c4ccccc4)OC32)cc1. The molecule has 4 unspecified atom stereocenters. The Morgan fingerprint density at radius 3 is 2.15 bits per heavy atom. The molecule has 4 atom stereocenters. The van der Waals surface area contributed by atoms with Crippen molar-refractivity contribution >= 4 is 35.8 Å². The normalized spacial score (nSPS) is 21.5. The summed E-state index contributed by atoms with van der Waals surface area (Å²) in [5, 5.41) is 14.6. The van der Waals surface area contributed by atoms with Gasteiger partial charge < -0.3 is 39.4 Å². The lowest BCUT2D eigenvalue weighted by Gasteiger charge is -2.31. The fourth-order valence-electron chi connectivity index (χ4n) is 7.17. The molecule has 0 spiro atoms. The lowest BCUT2D eigenvalue weighted by molar-refractivity contribution is -0.159. The van der Waals surface area contributed by atoms with Crippen LogP contribution >= 0.6 is 0 Å². The van der Waals surface area contributed by atoms with Gasteiger partial charge in [0, 0.05) is 53.3 Å². The summed E-state index contributed by atoms with van der Waals surface area (Å²) in [4.78, 5) is 64.6. The summed E-state index contributed by atoms with van der Waals surface area (Å²) in [6.07, 6.45) is 0.862. The van der Waals surface area contributed by atoms with Crippen LogP contribution in [-0.2, 0) is 50.4 Å². The molecule has 0 radical (unpaired) electrons. The number of carbonyl (C=O) groups is 5. The maximum absolute atomic E-state index is 13.8. The number of nitrogens with one attached hydrogen (secondary N) is 2. The van der Waals surface area contributed by atoms with Crippen molar-refractivity contribution in [2.24, 2.45) is 5.41 Å². The molecule has 0 saturated carbocycles. The van der Waals surface area contributed by atoms with Crippen molar-refractivity contribution in [3.63, 3.8) is 0 Å². The van der Waals surface area contributed by atoms with Crippen LogP contribution in [0.4, 0.5) is 0 Å². The molecule has 59 heavy (non-hydrogen) atoms. The highest BCUT2D eigenvalue weighted by Crippen LogP contribution is 2.47. The van der Waals surface area contributed by atoms with E-state index in [1.54, 1.807) is 68.5 Å². The molecule has 13 nitrogen and oxygen atoms in total. The third kappa shape index (κ3) is 9.18. The molecule has 4 aromatic rings. The average molecular weight is 801 g/mol. The van der Waals surface area contributed by atoms with E-state index >= 15 is 0 Å². The van der Waals surface area contributed by atoms with Crippen LogP contribution in [0.25, 0.3) is 6.08 Å². The third-order valence-electron chi connectivity index (χ3n) is 10.3. The molecule has 1 aliphatic carbocycles. The van der Waals surface area contributed by atoms with Crippen LogP contribution in [0.15, 0.2) is 127 Å². The van der Waals surface area contributed by atoms with Gasteiger partial charge in [0.05, 0.1) is 12.2 Å². The number of rotatable bonds is 13. The molecule has 13 heteroatoms. The van der Waals surface area contributed by atoms with Crippen LogP contribution in [0.5, 0.6) is 0 Å². The Morgan fingerprint density at radius 2 is 1.51 bits per heavy atom. The number of amides is 2. The van der Waals surface area contributed by atoms with Crippen LogP contribution in [0.1, 0.15) is 63.2 Å². The van der Waals surface area contributed by atoms with E-state index in [9.17, 15) is 24.0 Å². The van der Waals surface area contributed by atoms with Gasteiger partial charge in [-0.25, -0.2) is 14.4 Å². The zero-order valence-corrected chi connectivity index (χ0v) is 32.5. The molecule has 2 fully saturated rings. The van der Waals surface area contributed by atoms with Crippen LogP contribution in [-0.4, -0.2) is 79.0 Å². The molecule has 0 aromatic heterocycles. The van der Waals surface area contributed by atoms with E-state index in [4.69, 9.17) is 28.8 Å². The van der Waals surface area contributed by atoms with Gasteiger partial charge in [0.1, 0.15) is 24.9 Å². The number of hydrogen-bond acceptors (Lipinski definition) is 11. The maximum atomic E-state index is 13.8. The first-order valence-electron chi connectivity index (χ1n) is 19.3. The summed E-state index contributed by atoms with van der Waals surface area (Å²) in [5.74, 6) is -4.10. The van der Waals surface area contributed by atoms with Crippen molar-refractivity contribution in [3.8, 4) is 0 Å². The van der Waals surface area contributed by atoms with Crippen molar-refractivity contribution in [1.29, 1.82) is 0 Å². The second-order valence-corrected chi connectivity index (χ2v) is 15.1. The van der Waals surface area contributed by atoms with Crippen LogP contribution in [0.2, 0.25) is 0 Å². The first-order chi connectivity index (χ1) is 28.5. The van der Waals surface area contributed by atoms with E-state index in [0.29, 0.717) is 33.4 Å². The Hall–Kier alpha value is -6.41. The number of fused-ring (bicyclic) bond motifs is 1. The third-order valence-corrected chi connectivity index (χ3v) is 10.3. The van der Waals surface area contributed by atoms with Gasteiger partial charge in [-0.15, -0.1) is 0 Å². The number of aliphatic hydroxyl groups excluding tert-OH is 1. The minimum Gasteiger partial charge on any atom is -0.462 e. The van der Waals surface area contributed by atoms with Crippen molar-refractivity contribution in [2.45, 2.75) is 57.0 Å². The van der Waals surface area contributed by atoms with Gasteiger partial charge in [-0.05, 0) is 47.5 Å². The number of carbonyl (C=O) groups excluding carboxylic acids is 5. The van der Waals surface area contributed by atoms with Gasteiger partial charge in [0.25, 0.3) is 5.91 Å². The summed E-state index contributed by atoms with van der Waals surface area (Å²) in [7, 11) is 0. The van der Waals surface area contributed by atoms with E-state index in [2.05, 4.69) is 10.6 Å². The molecule has 304 valence electrons. The van der Waals surface area contributed by atoms with Gasteiger partial charge in [0.2, 0.25) is 17.8 Å². The lowest BCUT2D eigenvalue weighted by atomic mass is 9.90. The summed E-state index contributed by atoms with van der Waals surface area (Å²) < 4.78 is 30.1. The smallest absolute Gasteiger partial charge is 0.348 e. The van der Waals surface area contributed by atoms with Crippen molar-refractivity contribution in [3.05, 3.63) is 160 Å². The average Bonchev–Trinajstić information content (AvgIpc) is 3.78. The van der Waals surface area contributed by atoms with Crippen molar-refractivity contribution in [1.82, 2.24) is 10.6 Å². The predicted octanol–water partition coefficient (Wildman–Crippen LogP) is 4.77. The van der Waals surface area contributed by atoms with Crippen LogP contribution < -0.4 is 10.6 Å². The zero-order valence-electron chi connectivity index (χ0n) is 32.5. The second kappa shape index (κ2) is 17.6. The van der Waals surface area contributed by atoms with Gasteiger partial charge in [-0.3, -0.25) is 9.59 Å². The minimum atomic E-state index is -1.38. The quantitative estimate of drug-likeness (QED) is 0.0965. The standard InChI is InChI=1S/C46H44N2O11/c1-45(2)28-55-44(54)40(45)57-38(50)21-18-29-16-19-31(20-17-29)43(53)56-36-25-33(42(52)48-27-30-10-9-11-32(24-30)41(51)47-22-23-49)26-37-39(36)59-46(58-37,34-12-5-3-6-13-34)35-14-7-4-8-15-35/h3-21,24,26,36-37,39-40,49H,22-23,25,27-28H2,1-2H3,(H,47,51)(H,48,52). The van der Waals surface area contributed by atoms with Crippen molar-refractivity contribution in [2.75, 3.05) is 19.8 Å². The molecule has 0 bridgehead atoms. The Morgan fingerprint density at radius 1 is 0.814 bits per heavy atom. The summed E-state index contributed by atoms with van der Waals surface area (Å²) >= 11 is 0. The molecule has 7 rings (SSSR count). The van der Waals surface area contributed by atoms with Crippen LogP contribution in [0.3, 0.4) is 0 Å². The van der Waals surface area contributed by atoms with Crippen LogP contribution in [0, 0.1) is 5.41 Å². The monoisotopic (exact) mass is 800 g/mol. The Labute approximate surface area is 341 Å². The molecule has 3 aliphatic rings. The molecule has 2 saturated heterocycles. The summed E-state index contributed by atoms with van der Waals surface area (Å²) in [6.45, 7) is 3.74. The first kappa shape index (κ1) is 40.8. The fourth-order valence-corrected chi connectivity index (χ4v) is 7.17. The second-order valence-electron chi connectivity index (χ2n) is 15.1. The predicted molar refractivity (Wildman–Crippen MR) is 213 cm³/mol. The highest BCUT2D eigenvalue weighted by atomic mass is 16.8. The molecule has 2 heterocycles. The molecule has 3 N–H and O–H groups in total. The number of benzene rings is 4. The van der Waals surface area contributed by atoms with E-state index in [0.717, 1.165) is 0 Å². The molecular weight excluding hydrogens is 757 g/mol. The fraction of sp³-hybridized carbons (Fsp3) is 0.283. The van der Waals surface area contributed by atoms with E-state index < -0.39 is 59.4 Å². The Balaban J connectivity index is 1.10. The number of esters is 3. The van der Waals surface area contributed by atoms with Gasteiger partial charge in [0.15, 0.2) is 0 Å². The topological polar surface area (TPSA) is 176 Å². The first-order valence-corrected chi connectivity index (χ1v) is 19.3. The highest BCUT2D eigenvalue weighted by Gasteiger charge is 2.55. The van der Waals surface area contributed by atoms with E-state index in [1.165, 1.54) is 12.2 Å². The number of cyclic esters (lactones) is 1. The molecular formula is C46H44N2O11. The zero-order chi connectivity index (χ0) is 41.6. The van der Waals surface area contributed by atoms with Gasteiger partial charge in [-0.1, -0.05) is 98.8 Å².